The van der Waals surface area contributed by atoms with Crippen LogP contribution >= 0.6 is 0 Å². The number of fused-ring (bicyclic) bond motifs is 2. The molecule has 1 spiro atoms. The topological polar surface area (TPSA) is 101 Å². The van der Waals surface area contributed by atoms with Crippen LogP contribution in [0.2, 0.25) is 0 Å². The second kappa shape index (κ2) is 11.1. The zero-order valence-electron chi connectivity index (χ0n) is 21.0. The molecule has 1 saturated carbocycles. The number of nitrogens with zero attached hydrogens (tertiary/aromatic N) is 2. The summed E-state index contributed by atoms with van der Waals surface area (Å²) in [7, 11) is 0. The first-order chi connectivity index (χ1) is 18.0. The molecule has 2 aliphatic rings. The number of carboxylic acids is 1. The summed E-state index contributed by atoms with van der Waals surface area (Å²) in [6.07, 6.45) is 11.6. The Labute approximate surface area is 217 Å². The van der Waals surface area contributed by atoms with Crippen molar-refractivity contribution in [2.24, 2.45) is 5.92 Å². The van der Waals surface area contributed by atoms with Crippen molar-refractivity contribution in [3.63, 3.8) is 0 Å². The van der Waals surface area contributed by atoms with Crippen molar-refractivity contribution in [2.75, 3.05) is 13.2 Å². The van der Waals surface area contributed by atoms with Crippen molar-refractivity contribution in [1.82, 2.24) is 15.3 Å². The largest absolute Gasteiger partial charge is 0.494 e. The van der Waals surface area contributed by atoms with Gasteiger partial charge < -0.3 is 15.2 Å². The van der Waals surface area contributed by atoms with E-state index in [1.807, 2.05) is 30.3 Å². The molecule has 7 nitrogen and oxygen atoms in total. The van der Waals surface area contributed by atoms with Gasteiger partial charge in [-0.3, -0.25) is 9.59 Å². The van der Waals surface area contributed by atoms with Crippen LogP contribution < -0.4 is 10.1 Å². The van der Waals surface area contributed by atoms with Crippen LogP contribution in [0.1, 0.15) is 55.2 Å². The highest BCUT2D eigenvalue weighted by Crippen LogP contribution is 2.50. The van der Waals surface area contributed by atoms with E-state index >= 15 is 0 Å². The molecule has 0 saturated heterocycles. The van der Waals surface area contributed by atoms with Crippen LogP contribution in [0.5, 0.6) is 5.75 Å². The zero-order chi connectivity index (χ0) is 25.7. The van der Waals surface area contributed by atoms with Gasteiger partial charge in [-0.05, 0) is 84.7 Å². The third-order valence-electron chi connectivity index (χ3n) is 7.92. The van der Waals surface area contributed by atoms with E-state index in [0.717, 1.165) is 67.4 Å². The number of benzene rings is 2. The molecule has 192 valence electrons. The molecule has 1 heterocycles. The minimum atomic E-state index is -0.659. The maximum Gasteiger partial charge on any atom is 0.306 e. The summed E-state index contributed by atoms with van der Waals surface area (Å²) in [5.74, 6) is -0.0221. The van der Waals surface area contributed by atoms with E-state index in [4.69, 9.17) is 4.74 Å². The maximum absolute atomic E-state index is 12.4. The molecule has 0 unspecified atom stereocenters. The molecule has 5 rings (SSSR count). The fourth-order valence-corrected chi connectivity index (χ4v) is 5.85. The number of rotatable bonds is 9. The van der Waals surface area contributed by atoms with Gasteiger partial charge in [-0.1, -0.05) is 30.3 Å². The van der Waals surface area contributed by atoms with E-state index in [0.29, 0.717) is 19.6 Å². The number of nitrogens with one attached hydrogen (secondary N) is 1. The average molecular weight is 500 g/mol. The minimum Gasteiger partial charge on any atom is -0.494 e. The lowest BCUT2D eigenvalue weighted by atomic mass is 9.67. The molecular formula is C30H33N3O4. The standard InChI is InChI=1S/C30H33N3O4/c34-28(16-21-3-1-4-24(15-21)25-18-31-20-32-19-25)33-13-2-14-37-26-6-5-22-7-10-30(27(22)17-26)11-8-23(9-12-30)29(35)36/h1,3-6,15,17-20,23H,2,7-14,16H2,(H,33,34)(H,35,36). The Kier molecular flexibility index (Phi) is 7.49. The molecule has 37 heavy (non-hydrogen) atoms. The Morgan fingerprint density at radius 1 is 1.03 bits per heavy atom. The van der Waals surface area contributed by atoms with Gasteiger partial charge in [-0.2, -0.15) is 0 Å². The Morgan fingerprint density at radius 2 is 1.84 bits per heavy atom. The van der Waals surface area contributed by atoms with E-state index < -0.39 is 5.97 Å². The smallest absolute Gasteiger partial charge is 0.306 e. The number of hydrogen-bond acceptors (Lipinski definition) is 5. The normalized spacial score (nSPS) is 20.4. The van der Waals surface area contributed by atoms with Crippen LogP contribution in [0.25, 0.3) is 11.1 Å². The minimum absolute atomic E-state index is 0.0158. The van der Waals surface area contributed by atoms with Crippen LogP contribution in [0.15, 0.2) is 61.2 Å². The third kappa shape index (κ3) is 5.82. The van der Waals surface area contributed by atoms with Crippen LogP contribution in [-0.2, 0) is 27.8 Å². The predicted molar refractivity (Wildman–Crippen MR) is 140 cm³/mol. The molecule has 1 aromatic heterocycles. The van der Waals surface area contributed by atoms with Gasteiger partial charge in [0, 0.05) is 24.5 Å². The summed E-state index contributed by atoms with van der Waals surface area (Å²) in [4.78, 5) is 31.9. The lowest BCUT2D eigenvalue weighted by Crippen LogP contribution is -2.32. The van der Waals surface area contributed by atoms with Crippen LogP contribution in [-0.4, -0.2) is 40.1 Å². The van der Waals surface area contributed by atoms with Gasteiger partial charge >= 0.3 is 5.97 Å². The van der Waals surface area contributed by atoms with Gasteiger partial charge in [0.1, 0.15) is 12.1 Å². The molecular weight excluding hydrogens is 466 g/mol. The molecule has 1 amide bonds. The monoisotopic (exact) mass is 499 g/mol. The van der Waals surface area contributed by atoms with Gasteiger partial charge in [-0.25, -0.2) is 9.97 Å². The number of aliphatic carboxylic acids is 1. The van der Waals surface area contributed by atoms with E-state index in [2.05, 4.69) is 27.4 Å². The first kappa shape index (κ1) is 24.9. The fourth-order valence-electron chi connectivity index (χ4n) is 5.85. The predicted octanol–water partition coefficient (Wildman–Crippen LogP) is 4.73. The molecule has 1 fully saturated rings. The number of carbonyl (C=O) groups is 2. The van der Waals surface area contributed by atoms with E-state index in [1.54, 1.807) is 12.4 Å². The second-order valence-electron chi connectivity index (χ2n) is 10.3. The van der Waals surface area contributed by atoms with Crippen LogP contribution in [0.3, 0.4) is 0 Å². The zero-order valence-corrected chi connectivity index (χ0v) is 21.0. The molecule has 2 aromatic carbocycles. The molecule has 2 aliphatic carbocycles. The number of carbonyl (C=O) groups excluding carboxylic acids is 1. The van der Waals surface area contributed by atoms with E-state index in [9.17, 15) is 14.7 Å². The second-order valence-corrected chi connectivity index (χ2v) is 10.3. The molecule has 3 aromatic rings. The molecule has 2 N–H and O–H groups in total. The number of hydrogen-bond donors (Lipinski definition) is 2. The van der Waals surface area contributed by atoms with Crippen molar-refractivity contribution in [3.8, 4) is 16.9 Å². The molecule has 0 aliphatic heterocycles. The van der Waals surface area contributed by atoms with Gasteiger partial charge in [0.05, 0.1) is 18.9 Å². The van der Waals surface area contributed by atoms with Gasteiger partial charge in [0.2, 0.25) is 5.91 Å². The van der Waals surface area contributed by atoms with E-state index in [1.165, 1.54) is 17.5 Å². The first-order valence-corrected chi connectivity index (χ1v) is 13.1. The summed E-state index contributed by atoms with van der Waals surface area (Å²) in [6.45, 7) is 1.08. The molecule has 0 radical (unpaired) electrons. The summed E-state index contributed by atoms with van der Waals surface area (Å²) in [5, 5.41) is 12.3. The van der Waals surface area contributed by atoms with Gasteiger partial charge in [0.15, 0.2) is 0 Å². The Hall–Kier alpha value is -3.74. The summed E-state index contributed by atoms with van der Waals surface area (Å²) >= 11 is 0. The number of aromatic nitrogens is 2. The van der Waals surface area contributed by atoms with Crippen LogP contribution in [0.4, 0.5) is 0 Å². The van der Waals surface area contributed by atoms with Gasteiger partial charge in [-0.15, -0.1) is 0 Å². The molecule has 0 bridgehead atoms. The molecule has 7 heteroatoms. The molecule has 0 atom stereocenters. The van der Waals surface area contributed by atoms with E-state index in [-0.39, 0.29) is 17.2 Å². The Bertz CT molecular complexity index is 1250. The van der Waals surface area contributed by atoms with Crippen molar-refractivity contribution in [2.45, 2.75) is 56.8 Å². The number of ether oxygens (including phenoxy) is 1. The number of carboxylic acid groups (broad SMARTS) is 1. The van der Waals surface area contributed by atoms with Crippen molar-refractivity contribution in [1.29, 1.82) is 0 Å². The Balaban J connectivity index is 1.08. The highest BCUT2D eigenvalue weighted by Gasteiger charge is 2.43. The van der Waals surface area contributed by atoms with Crippen molar-refractivity contribution >= 4 is 11.9 Å². The summed E-state index contributed by atoms with van der Waals surface area (Å²) in [6, 6.07) is 14.2. The van der Waals surface area contributed by atoms with Crippen molar-refractivity contribution in [3.05, 3.63) is 77.9 Å². The Morgan fingerprint density at radius 3 is 2.62 bits per heavy atom. The first-order valence-electron chi connectivity index (χ1n) is 13.1. The SMILES string of the molecule is O=C(Cc1cccc(-c2cncnc2)c1)NCCCOc1ccc2c(c1)C1(CC2)CCC(C(=O)O)CC1. The highest BCUT2D eigenvalue weighted by atomic mass is 16.5. The lowest BCUT2D eigenvalue weighted by Gasteiger charge is -2.37. The quantitative estimate of drug-likeness (QED) is 0.413. The third-order valence-corrected chi connectivity index (χ3v) is 7.92. The number of amides is 1. The highest BCUT2D eigenvalue weighted by molar-refractivity contribution is 5.79. The summed E-state index contributed by atoms with van der Waals surface area (Å²) < 4.78 is 6.03. The van der Waals surface area contributed by atoms with Crippen LogP contribution in [0, 0.1) is 5.92 Å². The van der Waals surface area contributed by atoms with Crippen molar-refractivity contribution < 1.29 is 19.4 Å². The lowest BCUT2D eigenvalue weighted by molar-refractivity contribution is -0.143. The maximum atomic E-state index is 12.4. The number of aryl methyl sites for hydroxylation is 1. The summed E-state index contributed by atoms with van der Waals surface area (Å²) in [5.41, 5.74) is 5.69. The average Bonchev–Trinajstić information content (AvgIpc) is 3.26. The fraction of sp³-hybridized carbons (Fsp3) is 0.400. The van der Waals surface area contributed by atoms with Gasteiger partial charge in [0.25, 0.3) is 0 Å².